The molecule has 4 heteroatoms. The number of benzene rings is 1. The summed E-state index contributed by atoms with van der Waals surface area (Å²) in [6, 6.07) is 11.1. The van der Waals surface area contributed by atoms with Crippen molar-refractivity contribution in [3.63, 3.8) is 0 Å². The maximum absolute atomic E-state index is 12.8. The van der Waals surface area contributed by atoms with Crippen molar-refractivity contribution in [2.75, 3.05) is 19.8 Å². The summed E-state index contributed by atoms with van der Waals surface area (Å²) in [7, 11) is 0. The molecule has 1 aromatic rings. The molecule has 3 atom stereocenters. The van der Waals surface area contributed by atoms with Gasteiger partial charge in [-0.1, -0.05) is 43.2 Å². The summed E-state index contributed by atoms with van der Waals surface area (Å²) in [6.45, 7) is 6.63. The van der Waals surface area contributed by atoms with Gasteiger partial charge >= 0.3 is 0 Å². The summed E-state index contributed by atoms with van der Waals surface area (Å²) in [5.74, 6) is 0.273. The standard InChI is InChI=1S/C20H28N2O2/c1-20(2)18(15-8-4-3-5-9-15)22(19(20)23)14-21-12-13-24-17-11-7-6-10-16(17)21/h3-5,8-9,16-18H,6-7,10-14H2,1-2H3/t16-,17+,18+/m0/s1. The van der Waals surface area contributed by atoms with Crippen LogP contribution in [0.1, 0.15) is 51.1 Å². The molecule has 0 unspecified atom stereocenters. The lowest BCUT2D eigenvalue weighted by Gasteiger charge is -2.56. The number of β-lactam (4-membered cyclic amide) rings is 1. The minimum absolute atomic E-state index is 0.177. The topological polar surface area (TPSA) is 32.8 Å². The summed E-state index contributed by atoms with van der Waals surface area (Å²) >= 11 is 0. The summed E-state index contributed by atoms with van der Waals surface area (Å²) in [6.07, 6.45) is 5.29. The van der Waals surface area contributed by atoms with Crippen molar-refractivity contribution >= 4 is 5.91 Å². The Bertz CT molecular complexity index is 599. The number of nitrogens with zero attached hydrogens (tertiary/aromatic N) is 2. The molecule has 4 rings (SSSR count). The van der Waals surface area contributed by atoms with E-state index >= 15 is 0 Å². The van der Waals surface area contributed by atoms with Crippen LogP contribution in [0.5, 0.6) is 0 Å². The minimum Gasteiger partial charge on any atom is -0.375 e. The second-order valence-corrected chi connectivity index (χ2v) is 8.02. The van der Waals surface area contributed by atoms with Gasteiger partial charge in [-0.2, -0.15) is 0 Å². The maximum atomic E-state index is 12.8. The van der Waals surface area contributed by atoms with E-state index in [-0.39, 0.29) is 17.4 Å². The SMILES string of the molecule is CC1(C)C(=O)N(CN2CCO[C@@H]3CCCC[C@@H]32)[C@@H]1c1ccccc1. The lowest BCUT2D eigenvalue weighted by Crippen LogP contribution is -2.65. The molecule has 1 saturated carbocycles. The molecular formula is C20H28N2O2. The molecule has 4 nitrogen and oxygen atoms in total. The number of fused-ring (bicyclic) bond motifs is 1. The van der Waals surface area contributed by atoms with Gasteiger partial charge in [-0.05, 0) is 32.3 Å². The fourth-order valence-corrected chi connectivity index (χ4v) is 4.85. The van der Waals surface area contributed by atoms with Crippen molar-refractivity contribution in [1.29, 1.82) is 0 Å². The molecule has 3 fully saturated rings. The molecule has 3 aliphatic rings. The van der Waals surface area contributed by atoms with Crippen LogP contribution in [0.4, 0.5) is 0 Å². The normalized spacial score (nSPS) is 33.0. The van der Waals surface area contributed by atoms with Crippen molar-refractivity contribution in [3.8, 4) is 0 Å². The number of amides is 1. The Hall–Kier alpha value is -1.39. The Morgan fingerprint density at radius 3 is 2.71 bits per heavy atom. The largest absolute Gasteiger partial charge is 0.375 e. The Labute approximate surface area is 144 Å². The third kappa shape index (κ3) is 2.56. The molecule has 0 N–H and O–H groups in total. The number of morpholine rings is 1. The second-order valence-electron chi connectivity index (χ2n) is 8.02. The van der Waals surface area contributed by atoms with Crippen LogP contribution in [0, 0.1) is 5.41 Å². The van der Waals surface area contributed by atoms with E-state index in [2.05, 4.69) is 47.9 Å². The van der Waals surface area contributed by atoms with E-state index in [4.69, 9.17) is 4.74 Å². The maximum Gasteiger partial charge on any atom is 0.232 e. The van der Waals surface area contributed by atoms with Crippen LogP contribution in [0.25, 0.3) is 0 Å². The first-order chi connectivity index (χ1) is 11.6. The van der Waals surface area contributed by atoms with Gasteiger partial charge in [0.25, 0.3) is 0 Å². The predicted molar refractivity (Wildman–Crippen MR) is 93.4 cm³/mol. The molecule has 2 heterocycles. The highest BCUT2D eigenvalue weighted by molar-refractivity contribution is 5.89. The molecule has 0 radical (unpaired) electrons. The second kappa shape index (κ2) is 6.16. The van der Waals surface area contributed by atoms with Crippen molar-refractivity contribution < 1.29 is 9.53 Å². The number of ether oxygens (including phenoxy) is 1. The van der Waals surface area contributed by atoms with E-state index < -0.39 is 0 Å². The number of hydrogen-bond acceptors (Lipinski definition) is 3. The summed E-state index contributed by atoms with van der Waals surface area (Å²) in [4.78, 5) is 17.3. The lowest BCUT2D eigenvalue weighted by atomic mass is 9.71. The molecular weight excluding hydrogens is 300 g/mol. The molecule has 1 amide bonds. The first-order valence-corrected chi connectivity index (χ1v) is 9.31. The van der Waals surface area contributed by atoms with Crippen molar-refractivity contribution in [2.45, 2.75) is 57.7 Å². The van der Waals surface area contributed by atoms with Gasteiger partial charge in [0.1, 0.15) is 0 Å². The fourth-order valence-electron chi connectivity index (χ4n) is 4.85. The molecule has 1 aliphatic carbocycles. The summed E-state index contributed by atoms with van der Waals surface area (Å²) < 4.78 is 5.98. The third-order valence-corrected chi connectivity index (χ3v) is 6.10. The smallest absolute Gasteiger partial charge is 0.232 e. The van der Waals surface area contributed by atoms with E-state index in [9.17, 15) is 4.79 Å². The molecule has 0 bridgehead atoms. The molecule has 130 valence electrons. The van der Waals surface area contributed by atoms with Gasteiger partial charge in [0.15, 0.2) is 0 Å². The average molecular weight is 328 g/mol. The third-order valence-electron chi connectivity index (χ3n) is 6.10. The Morgan fingerprint density at radius 2 is 1.92 bits per heavy atom. The van der Waals surface area contributed by atoms with Gasteiger partial charge in [0, 0.05) is 12.6 Å². The number of likely N-dealkylation sites (tertiary alicyclic amines) is 1. The summed E-state index contributed by atoms with van der Waals surface area (Å²) in [5, 5.41) is 0. The zero-order chi connectivity index (χ0) is 16.7. The average Bonchev–Trinajstić information content (AvgIpc) is 2.62. The first kappa shape index (κ1) is 16.1. The van der Waals surface area contributed by atoms with Gasteiger partial charge in [-0.25, -0.2) is 0 Å². The van der Waals surface area contributed by atoms with Crippen molar-refractivity contribution in [2.24, 2.45) is 5.41 Å². The van der Waals surface area contributed by atoms with Gasteiger partial charge < -0.3 is 9.64 Å². The Morgan fingerprint density at radius 1 is 1.17 bits per heavy atom. The monoisotopic (exact) mass is 328 g/mol. The number of hydrogen-bond donors (Lipinski definition) is 0. The van der Waals surface area contributed by atoms with Crippen molar-refractivity contribution in [1.82, 2.24) is 9.80 Å². The zero-order valence-corrected chi connectivity index (χ0v) is 14.8. The van der Waals surface area contributed by atoms with E-state index in [0.29, 0.717) is 12.1 Å². The van der Waals surface area contributed by atoms with Crippen LogP contribution in [0.15, 0.2) is 30.3 Å². The highest BCUT2D eigenvalue weighted by atomic mass is 16.5. The van der Waals surface area contributed by atoms with Crippen LogP contribution in [-0.2, 0) is 9.53 Å². The zero-order valence-electron chi connectivity index (χ0n) is 14.8. The quantitative estimate of drug-likeness (QED) is 0.799. The number of carbonyl (C=O) groups is 1. The molecule has 2 saturated heterocycles. The number of rotatable bonds is 3. The van der Waals surface area contributed by atoms with Crippen LogP contribution in [0.3, 0.4) is 0 Å². The highest BCUT2D eigenvalue weighted by Crippen LogP contribution is 2.49. The van der Waals surface area contributed by atoms with Gasteiger partial charge in [0.05, 0.1) is 30.8 Å². The van der Waals surface area contributed by atoms with Gasteiger partial charge in [-0.15, -0.1) is 0 Å². The highest BCUT2D eigenvalue weighted by Gasteiger charge is 2.55. The van der Waals surface area contributed by atoms with Crippen LogP contribution >= 0.6 is 0 Å². The van der Waals surface area contributed by atoms with Crippen LogP contribution in [-0.4, -0.2) is 47.7 Å². The Kier molecular flexibility index (Phi) is 4.13. The molecule has 0 spiro atoms. The molecule has 1 aromatic carbocycles. The van der Waals surface area contributed by atoms with Crippen LogP contribution in [0.2, 0.25) is 0 Å². The summed E-state index contributed by atoms with van der Waals surface area (Å²) in [5.41, 5.74) is 0.940. The lowest BCUT2D eigenvalue weighted by molar-refractivity contribution is -0.181. The van der Waals surface area contributed by atoms with E-state index in [1.54, 1.807) is 0 Å². The number of carbonyl (C=O) groups excluding carboxylic acids is 1. The van der Waals surface area contributed by atoms with E-state index in [1.807, 2.05) is 6.07 Å². The van der Waals surface area contributed by atoms with Gasteiger partial charge in [0.2, 0.25) is 5.91 Å². The van der Waals surface area contributed by atoms with E-state index in [0.717, 1.165) is 19.8 Å². The fraction of sp³-hybridized carbons (Fsp3) is 0.650. The van der Waals surface area contributed by atoms with Crippen LogP contribution < -0.4 is 0 Å². The van der Waals surface area contributed by atoms with Gasteiger partial charge in [-0.3, -0.25) is 9.69 Å². The molecule has 2 aliphatic heterocycles. The predicted octanol–water partition coefficient (Wildman–Crippen LogP) is 3.20. The molecule has 0 aromatic heterocycles. The minimum atomic E-state index is -0.306. The van der Waals surface area contributed by atoms with Crippen molar-refractivity contribution in [3.05, 3.63) is 35.9 Å². The Balaban J connectivity index is 1.53. The first-order valence-electron chi connectivity index (χ1n) is 9.31. The molecule has 24 heavy (non-hydrogen) atoms. The van der Waals surface area contributed by atoms with E-state index in [1.165, 1.54) is 31.2 Å².